The molecular weight excluding hydrogens is 219 g/mol. The number of halogens is 1. The van der Waals surface area contributed by atoms with Gasteiger partial charge in [-0.3, -0.25) is 4.39 Å². The minimum Gasteiger partial charge on any atom is -0.392 e. The molecule has 1 aromatic carbocycles. The lowest BCUT2D eigenvalue weighted by Crippen LogP contribution is -2.23. The Morgan fingerprint density at radius 2 is 1.88 bits per heavy atom. The van der Waals surface area contributed by atoms with Crippen LogP contribution in [-0.2, 0) is 11.3 Å². The van der Waals surface area contributed by atoms with E-state index in [1.165, 1.54) is 0 Å². The maximum atomic E-state index is 13.2. The number of rotatable bonds is 4. The highest BCUT2D eigenvalue weighted by atomic mass is 19.1. The molecule has 1 aliphatic rings. The first-order valence-corrected chi connectivity index (χ1v) is 6.18. The van der Waals surface area contributed by atoms with Crippen molar-refractivity contribution in [1.29, 1.82) is 0 Å². The summed E-state index contributed by atoms with van der Waals surface area (Å²) in [4.78, 5) is 0. The topological polar surface area (TPSA) is 29.5 Å². The van der Waals surface area contributed by atoms with Gasteiger partial charge in [-0.15, -0.1) is 0 Å². The number of hydrogen-bond acceptors (Lipinski definition) is 2. The van der Waals surface area contributed by atoms with Crippen molar-refractivity contribution in [3.05, 3.63) is 35.4 Å². The molecular formula is C14H19FO2. The Morgan fingerprint density at radius 1 is 1.24 bits per heavy atom. The molecule has 1 saturated heterocycles. The lowest BCUT2D eigenvalue weighted by molar-refractivity contribution is 0.0547. The van der Waals surface area contributed by atoms with Crippen LogP contribution >= 0.6 is 0 Å². The Labute approximate surface area is 101 Å². The van der Waals surface area contributed by atoms with E-state index in [9.17, 15) is 4.39 Å². The summed E-state index contributed by atoms with van der Waals surface area (Å²) in [6, 6.07) is 7.62. The van der Waals surface area contributed by atoms with Gasteiger partial charge in [0.25, 0.3) is 0 Å². The Kier molecular flexibility index (Phi) is 4.51. The molecule has 0 saturated carbocycles. The zero-order valence-corrected chi connectivity index (χ0v) is 9.94. The minimum absolute atomic E-state index is 0.0216. The molecule has 1 fully saturated rings. The lowest BCUT2D eigenvalue weighted by Gasteiger charge is -2.28. The van der Waals surface area contributed by atoms with Gasteiger partial charge in [-0.25, -0.2) is 0 Å². The third-order valence-corrected chi connectivity index (χ3v) is 3.59. The van der Waals surface area contributed by atoms with Gasteiger partial charge in [-0.05, 0) is 29.9 Å². The first-order valence-electron chi connectivity index (χ1n) is 6.18. The quantitative estimate of drug-likeness (QED) is 0.873. The average Bonchev–Trinajstić information content (AvgIpc) is 2.42. The maximum absolute atomic E-state index is 13.2. The fourth-order valence-corrected chi connectivity index (χ4v) is 2.48. The molecule has 2 nitrogen and oxygen atoms in total. The van der Waals surface area contributed by atoms with Crippen LogP contribution in [0.1, 0.15) is 29.9 Å². The van der Waals surface area contributed by atoms with Gasteiger partial charge in [0.1, 0.15) is 0 Å². The summed E-state index contributed by atoms with van der Waals surface area (Å²) in [5.74, 6) is 0.361. The first-order chi connectivity index (χ1) is 8.35. The van der Waals surface area contributed by atoms with E-state index in [1.807, 2.05) is 24.3 Å². The number of aliphatic hydroxyl groups is 1. The van der Waals surface area contributed by atoms with Crippen molar-refractivity contribution in [3.63, 3.8) is 0 Å². The zero-order chi connectivity index (χ0) is 12.1. The third-order valence-electron chi connectivity index (χ3n) is 3.59. The zero-order valence-electron chi connectivity index (χ0n) is 9.94. The van der Waals surface area contributed by atoms with Crippen LogP contribution in [-0.4, -0.2) is 25.0 Å². The monoisotopic (exact) mass is 238 g/mol. The highest BCUT2D eigenvalue weighted by Gasteiger charge is 2.25. The largest absolute Gasteiger partial charge is 0.392 e. The fourth-order valence-electron chi connectivity index (χ4n) is 2.48. The summed E-state index contributed by atoms with van der Waals surface area (Å²) < 4.78 is 18.5. The molecule has 0 bridgehead atoms. The van der Waals surface area contributed by atoms with E-state index in [0.29, 0.717) is 5.92 Å². The van der Waals surface area contributed by atoms with Gasteiger partial charge in [0, 0.05) is 19.1 Å². The summed E-state index contributed by atoms with van der Waals surface area (Å²) in [5, 5.41) is 8.98. The molecule has 0 aromatic heterocycles. The molecule has 0 aliphatic carbocycles. The lowest BCUT2D eigenvalue weighted by atomic mass is 9.82. The van der Waals surface area contributed by atoms with Crippen molar-refractivity contribution in [1.82, 2.24) is 0 Å². The predicted molar refractivity (Wildman–Crippen MR) is 64.6 cm³/mol. The number of aliphatic hydroxyl groups excluding tert-OH is 1. The van der Waals surface area contributed by atoms with Crippen molar-refractivity contribution < 1.29 is 14.2 Å². The fraction of sp³-hybridized carbons (Fsp3) is 0.571. The van der Waals surface area contributed by atoms with E-state index in [0.717, 1.165) is 37.2 Å². The van der Waals surface area contributed by atoms with Gasteiger partial charge in [0.15, 0.2) is 0 Å². The van der Waals surface area contributed by atoms with Crippen molar-refractivity contribution in [3.8, 4) is 0 Å². The molecule has 1 unspecified atom stereocenters. The normalized spacial score (nSPS) is 19.2. The molecule has 17 heavy (non-hydrogen) atoms. The molecule has 0 spiro atoms. The summed E-state index contributed by atoms with van der Waals surface area (Å²) in [6.07, 6.45) is 1.88. The maximum Gasteiger partial charge on any atom is 0.0965 e. The van der Waals surface area contributed by atoms with E-state index in [4.69, 9.17) is 9.84 Å². The summed E-state index contributed by atoms with van der Waals surface area (Å²) >= 11 is 0. The molecule has 1 atom stereocenters. The van der Waals surface area contributed by atoms with Gasteiger partial charge >= 0.3 is 0 Å². The molecule has 0 radical (unpaired) electrons. The van der Waals surface area contributed by atoms with Crippen molar-refractivity contribution in [2.75, 3.05) is 19.9 Å². The van der Waals surface area contributed by atoms with E-state index in [1.54, 1.807) is 0 Å². The second kappa shape index (κ2) is 6.12. The number of ether oxygens (including phenoxy) is 1. The first kappa shape index (κ1) is 12.5. The highest BCUT2D eigenvalue weighted by Crippen LogP contribution is 2.32. The average molecular weight is 238 g/mol. The third kappa shape index (κ3) is 3.05. The van der Waals surface area contributed by atoms with Crippen LogP contribution in [0.3, 0.4) is 0 Å². The van der Waals surface area contributed by atoms with Crippen molar-refractivity contribution in [2.24, 2.45) is 5.92 Å². The van der Waals surface area contributed by atoms with Crippen LogP contribution in [0.5, 0.6) is 0 Å². The van der Waals surface area contributed by atoms with Crippen molar-refractivity contribution >= 4 is 0 Å². The molecule has 1 N–H and O–H groups in total. The molecule has 1 aromatic rings. The van der Waals surface area contributed by atoms with E-state index in [2.05, 4.69) is 0 Å². The number of benzene rings is 1. The van der Waals surface area contributed by atoms with Crippen LogP contribution in [0, 0.1) is 5.92 Å². The van der Waals surface area contributed by atoms with Crippen LogP contribution < -0.4 is 0 Å². The van der Waals surface area contributed by atoms with Crippen LogP contribution in [0.15, 0.2) is 24.3 Å². The van der Waals surface area contributed by atoms with Crippen LogP contribution in [0.25, 0.3) is 0 Å². The van der Waals surface area contributed by atoms with Gasteiger partial charge in [-0.1, -0.05) is 24.3 Å². The molecule has 0 amide bonds. The van der Waals surface area contributed by atoms with Gasteiger partial charge in [-0.2, -0.15) is 0 Å². The highest BCUT2D eigenvalue weighted by molar-refractivity contribution is 5.25. The van der Waals surface area contributed by atoms with Crippen molar-refractivity contribution in [2.45, 2.75) is 25.4 Å². The van der Waals surface area contributed by atoms with Crippen LogP contribution in [0.4, 0.5) is 4.39 Å². The van der Waals surface area contributed by atoms with Gasteiger partial charge < -0.3 is 9.84 Å². The molecule has 94 valence electrons. The van der Waals surface area contributed by atoms with E-state index < -0.39 is 0 Å². The second-order valence-electron chi connectivity index (χ2n) is 4.61. The number of alkyl halides is 1. The smallest absolute Gasteiger partial charge is 0.0965 e. The Balaban J connectivity index is 2.10. The molecule has 2 rings (SSSR count). The Hall–Kier alpha value is -0.930. The Bertz CT molecular complexity index is 331. The SMILES string of the molecule is OCc1ccc(C(CF)C2CCOCC2)cc1. The summed E-state index contributed by atoms with van der Waals surface area (Å²) in [6.45, 7) is 1.22. The van der Waals surface area contributed by atoms with Gasteiger partial charge in [0.05, 0.1) is 13.3 Å². The standard InChI is InChI=1S/C14H19FO2/c15-9-14(13-5-7-17-8-6-13)12-3-1-11(10-16)2-4-12/h1-4,13-14,16H,5-10H2. The van der Waals surface area contributed by atoms with Gasteiger partial charge in [0.2, 0.25) is 0 Å². The molecule has 1 heterocycles. The predicted octanol–water partition coefficient (Wildman–Crippen LogP) is 2.66. The minimum atomic E-state index is -0.316. The summed E-state index contributed by atoms with van der Waals surface area (Å²) in [7, 11) is 0. The van der Waals surface area contributed by atoms with Crippen LogP contribution in [0.2, 0.25) is 0 Å². The number of hydrogen-bond donors (Lipinski definition) is 1. The summed E-state index contributed by atoms with van der Waals surface area (Å²) in [5.41, 5.74) is 1.91. The Morgan fingerprint density at radius 3 is 2.41 bits per heavy atom. The van der Waals surface area contributed by atoms with E-state index in [-0.39, 0.29) is 19.2 Å². The second-order valence-corrected chi connectivity index (χ2v) is 4.61. The molecule has 3 heteroatoms. The molecule has 1 aliphatic heterocycles. The van der Waals surface area contributed by atoms with E-state index >= 15 is 0 Å².